The van der Waals surface area contributed by atoms with Gasteiger partial charge in [-0.2, -0.15) is 0 Å². The number of anilines is 3. The molecular weight excluding hydrogens is 691 g/mol. The fourth-order valence-electron chi connectivity index (χ4n) is 10.0. The minimum absolute atomic E-state index is 0.519. The molecule has 0 aromatic heterocycles. The Kier molecular flexibility index (Phi) is 6.88. The summed E-state index contributed by atoms with van der Waals surface area (Å²) in [5.74, 6) is 1.71. The van der Waals surface area contributed by atoms with Crippen molar-refractivity contribution < 1.29 is 4.74 Å². The van der Waals surface area contributed by atoms with E-state index in [2.05, 4.69) is 211 Å². The third-order valence-corrected chi connectivity index (χ3v) is 12.3. The minimum atomic E-state index is -0.519. The summed E-state index contributed by atoms with van der Waals surface area (Å²) in [5.41, 5.74) is 20.0. The van der Waals surface area contributed by atoms with Gasteiger partial charge in [0.15, 0.2) is 0 Å². The molecule has 1 aliphatic heterocycles. The number of rotatable bonds is 3. The molecule has 1 heterocycles. The second kappa shape index (κ2) is 12.3. The average molecular weight is 726 g/mol. The summed E-state index contributed by atoms with van der Waals surface area (Å²) < 4.78 is 6.68. The van der Waals surface area contributed by atoms with E-state index in [1.807, 2.05) is 6.07 Å². The molecule has 0 radical (unpaired) electrons. The summed E-state index contributed by atoms with van der Waals surface area (Å²) in [4.78, 5) is 2.39. The van der Waals surface area contributed by atoms with Crippen LogP contribution in [0.5, 0.6) is 11.5 Å². The van der Waals surface area contributed by atoms with Crippen molar-refractivity contribution in [2.24, 2.45) is 0 Å². The molecule has 0 fully saturated rings. The monoisotopic (exact) mass is 725 g/mol. The highest BCUT2D eigenvalue weighted by atomic mass is 16.5. The van der Waals surface area contributed by atoms with Gasteiger partial charge in [0.2, 0.25) is 0 Å². The molecule has 0 saturated carbocycles. The van der Waals surface area contributed by atoms with Gasteiger partial charge in [-0.3, -0.25) is 0 Å². The highest BCUT2D eigenvalue weighted by Crippen LogP contribution is 2.62. The topological polar surface area (TPSA) is 12.5 Å². The Morgan fingerprint density at radius 2 is 0.649 bits per heavy atom. The third kappa shape index (κ3) is 4.53. The molecule has 0 unspecified atom stereocenters. The molecule has 3 aliphatic rings. The zero-order valence-corrected chi connectivity index (χ0v) is 31.1. The number of fused-ring (bicyclic) bond motifs is 17. The van der Waals surface area contributed by atoms with E-state index < -0.39 is 5.41 Å². The van der Waals surface area contributed by atoms with Crippen LogP contribution < -0.4 is 9.64 Å². The molecule has 1 spiro atoms. The number of nitrogens with zero attached hydrogens (tertiary/aromatic N) is 1. The fourth-order valence-corrected chi connectivity index (χ4v) is 10.0. The van der Waals surface area contributed by atoms with Crippen LogP contribution in [-0.4, -0.2) is 0 Å². The van der Waals surface area contributed by atoms with Crippen LogP contribution in [0.15, 0.2) is 212 Å². The van der Waals surface area contributed by atoms with Gasteiger partial charge in [-0.15, -0.1) is 0 Å². The first kappa shape index (κ1) is 31.9. The third-order valence-electron chi connectivity index (χ3n) is 12.3. The van der Waals surface area contributed by atoms with E-state index >= 15 is 0 Å². The average Bonchev–Trinajstić information content (AvgIpc) is 3.43. The van der Waals surface area contributed by atoms with Gasteiger partial charge in [0.25, 0.3) is 0 Å². The maximum atomic E-state index is 6.68. The van der Waals surface area contributed by atoms with E-state index in [0.717, 1.165) is 45.3 Å². The normalized spacial score (nSPS) is 13.2. The Morgan fingerprint density at radius 3 is 1.26 bits per heavy atom. The van der Waals surface area contributed by atoms with E-state index in [4.69, 9.17) is 4.74 Å². The second-order valence-corrected chi connectivity index (χ2v) is 15.2. The highest BCUT2D eigenvalue weighted by molar-refractivity contribution is 5.99. The molecule has 0 bridgehead atoms. The Morgan fingerprint density at radius 1 is 0.263 bits per heavy atom. The summed E-state index contributed by atoms with van der Waals surface area (Å²) in [5, 5.41) is 0. The quantitative estimate of drug-likeness (QED) is 0.180. The molecular formula is C55H35NO. The number of hydrogen-bond donors (Lipinski definition) is 0. The van der Waals surface area contributed by atoms with E-state index in [9.17, 15) is 0 Å². The first-order valence-corrected chi connectivity index (χ1v) is 19.7. The van der Waals surface area contributed by atoms with Crippen molar-refractivity contribution in [3.63, 3.8) is 0 Å². The molecule has 2 heteroatoms. The van der Waals surface area contributed by atoms with Crippen LogP contribution in [0.4, 0.5) is 17.1 Å². The maximum Gasteiger partial charge on any atom is 0.135 e. The molecule has 57 heavy (non-hydrogen) atoms. The Labute approximate surface area is 332 Å². The van der Waals surface area contributed by atoms with Crippen LogP contribution >= 0.6 is 0 Å². The zero-order chi connectivity index (χ0) is 37.5. The van der Waals surface area contributed by atoms with Crippen molar-refractivity contribution in [1.82, 2.24) is 0 Å². The number of para-hydroxylation sites is 2. The van der Waals surface area contributed by atoms with Gasteiger partial charge in [-0.05, 0) is 115 Å². The number of hydrogen-bond acceptors (Lipinski definition) is 2. The van der Waals surface area contributed by atoms with Gasteiger partial charge in [-0.25, -0.2) is 0 Å². The van der Waals surface area contributed by atoms with Crippen LogP contribution in [0.1, 0.15) is 22.3 Å². The fraction of sp³-hybridized carbons (Fsp3) is 0.0182. The second-order valence-electron chi connectivity index (χ2n) is 15.2. The summed E-state index contributed by atoms with van der Waals surface area (Å²) in [6, 6.07) is 77.6. The van der Waals surface area contributed by atoms with Crippen molar-refractivity contribution >= 4 is 17.1 Å². The molecule has 0 amide bonds. The van der Waals surface area contributed by atoms with Gasteiger partial charge < -0.3 is 9.64 Å². The van der Waals surface area contributed by atoms with Crippen molar-refractivity contribution in [3.8, 4) is 67.1 Å². The van der Waals surface area contributed by atoms with Gasteiger partial charge >= 0.3 is 0 Å². The smallest absolute Gasteiger partial charge is 0.135 e. The Balaban J connectivity index is 1.13. The van der Waals surface area contributed by atoms with Crippen LogP contribution in [0.2, 0.25) is 0 Å². The predicted octanol–water partition coefficient (Wildman–Crippen LogP) is 14.6. The van der Waals surface area contributed by atoms with Crippen LogP contribution in [0, 0.1) is 0 Å². The van der Waals surface area contributed by atoms with Crippen LogP contribution in [-0.2, 0) is 5.41 Å². The molecule has 12 rings (SSSR count). The van der Waals surface area contributed by atoms with E-state index in [0.29, 0.717) is 0 Å². The lowest BCUT2D eigenvalue weighted by molar-refractivity contribution is 0.488. The SMILES string of the molecule is c1ccc(N(c2ccc3c(c2)-c2ccccc2-c2ccccc2O3)c2ccc3c(c2)-c2ccccc2-c2ccccc2C32c3ccccc3-c3ccccc32)cc1. The molecule has 0 N–H and O–H groups in total. The summed E-state index contributed by atoms with van der Waals surface area (Å²) in [6.07, 6.45) is 0. The summed E-state index contributed by atoms with van der Waals surface area (Å²) in [7, 11) is 0. The number of benzene rings is 9. The molecule has 9 aromatic rings. The minimum Gasteiger partial charge on any atom is -0.456 e. The highest BCUT2D eigenvalue weighted by Gasteiger charge is 2.49. The van der Waals surface area contributed by atoms with E-state index in [1.165, 1.54) is 61.2 Å². The van der Waals surface area contributed by atoms with Crippen molar-refractivity contribution in [3.05, 3.63) is 235 Å². The molecule has 266 valence electrons. The first-order chi connectivity index (χ1) is 28.3. The summed E-state index contributed by atoms with van der Waals surface area (Å²) in [6.45, 7) is 0. The van der Waals surface area contributed by atoms with Crippen molar-refractivity contribution in [2.45, 2.75) is 5.41 Å². The Bertz CT molecular complexity index is 3020. The van der Waals surface area contributed by atoms with Gasteiger partial charge in [0.05, 0.1) is 5.41 Å². The van der Waals surface area contributed by atoms with Crippen LogP contribution in [0.3, 0.4) is 0 Å². The van der Waals surface area contributed by atoms with Crippen molar-refractivity contribution in [2.75, 3.05) is 4.90 Å². The molecule has 0 atom stereocenters. The van der Waals surface area contributed by atoms with Gasteiger partial charge in [-0.1, -0.05) is 164 Å². The lowest BCUT2D eigenvalue weighted by atomic mass is 9.66. The zero-order valence-electron chi connectivity index (χ0n) is 31.1. The van der Waals surface area contributed by atoms with E-state index in [-0.39, 0.29) is 0 Å². The van der Waals surface area contributed by atoms with Crippen molar-refractivity contribution in [1.29, 1.82) is 0 Å². The molecule has 9 aromatic carbocycles. The van der Waals surface area contributed by atoms with Gasteiger partial charge in [0.1, 0.15) is 11.5 Å². The molecule has 0 saturated heterocycles. The molecule has 2 aliphatic carbocycles. The predicted molar refractivity (Wildman–Crippen MR) is 234 cm³/mol. The summed E-state index contributed by atoms with van der Waals surface area (Å²) >= 11 is 0. The first-order valence-electron chi connectivity index (χ1n) is 19.7. The largest absolute Gasteiger partial charge is 0.456 e. The van der Waals surface area contributed by atoms with Crippen LogP contribution in [0.25, 0.3) is 55.6 Å². The van der Waals surface area contributed by atoms with Gasteiger partial charge in [0, 0.05) is 28.2 Å². The van der Waals surface area contributed by atoms with E-state index in [1.54, 1.807) is 0 Å². The standard InChI is InChI=1S/C55H35NO/c1-2-16-36(17-3-1)56(38-31-33-54-48(35-38)42-21-7-5-19-40(42)46-25-11-15-29-53(46)57-54)37-30-32-52-47(34-37)41-20-6-4-18-39(41)43-22-8-12-26-49(43)55(52)50-27-13-9-23-44(50)45-24-10-14-28-51(45)55/h1-35H. The maximum absolute atomic E-state index is 6.68. The molecule has 2 nitrogen and oxygen atoms in total. The number of ether oxygens (including phenoxy) is 1. The lowest BCUT2D eigenvalue weighted by Crippen LogP contribution is -2.29. The Hall–Kier alpha value is -7.42. The lowest BCUT2D eigenvalue weighted by Gasteiger charge is -2.36.